The molecule has 2 aromatic rings. The number of hydrogen-bond acceptors (Lipinski definition) is 6. The number of hydrogen-bond donors (Lipinski definition) is 0. The van der Waals surface area contributed by atoms with Crippen molar-refractivity contribution in [3.63, 3.8) is 0 Å². The lowest BCUT2D eigenvalue weighted by atomic mass is 9.80. The smallest absolute Gasteiger partial charge is 0.337 e. The van der Waals surface area contributed by atoms with Crippen molar-refractivity contribution in [1.82, 2.24) is 0 Å². The molecule has 32 heavy (non-hydrogen) atoms. The number of amides is 1. The van der Waals surface area contributed by atoms with Crippen LogP contribution in [0.25, 0.3) is 0 Å². The van der Waals surface area contributed by atoms with E-state index in [-0.39, 0.29) is 22.6 Å². The number of carbonyl (C=O) groups excluding carboxylic acids is 3. The number of benzene rings is 2. The molecule has 0 aromatic heterocycles. The Morgan fingerprint density at radius 1 is 1.03 bits per heavy atom. The average Bonchev–Trinajstić information content (AvgIpc) is 3.02. The molecule has 0 aliphatic carbocycles. The molecule has 0 saturated heterocycles. The third-order valence-corrected chi connectivity index (χ3v) is 6.11. The molecule has 0 bridgehead atoms. The van der Waals surface area contributed by atoms with Crippen LogP contribution in [0.1, 0.15) is 70.5 Å². The number of ether oxygens (including phenoxy) is 2. The Bertz CT molecular complexity index is 1160. The first-order valence-electron chi connectivity index (χ1n) is 10.5. The molecule has 7 heteroatoms. The number of carbonyl (C=O) groups is 3. The van der Waals surface area contributed by atoms with E-state index < -0.39 is 11.9 Å². The molecule has 4 rings (SSSR count). The summed E-state index contributed by atoms with van der Waals surface area (Å²) in [5.41, 5.74) is 4.40. The van der Waals surface area contributed by atoms with Crippen LogP contribution in [0.15, 0.2) is 35.3 Å². The molecule has 0 unspecified atom stereocenters. The molecule has 0 radical (unpaired) electrons. The number of esters is 2. The Morgan fingerprint density at radius 3 is 2.19 bits per heavy atom. The summed E-state index contributed by atoms with van der Waals surface area (Å²) in [5.74, 6) is -1.10. The zero-order valence-electron chi connectivity index (χ0n) is 19.1. The van der Waals surface area contributed by atoms with Gasteiger partial charge in [0.05, 0.1) is 36.7 Å². The zero-order chi connectivity index (χ0) is 23.4. The number of aryl methyl sites for hydroxylation is 1. The molecule has 0 spiro atoms. The van der Waals surface area contributed by atoms with E-state index in [0.717, 1.165) is 28.8 Å². The fourth-order valence-electron chi connectivity index (χ4n) is 4.85. The molecule has 1 atom stereocenters. The minimum Gasteiger partial charge on any atom is -0.465 e. The van der Waals surface area contributed by atoms with Crippen LogP contribution in [0.5, 0.6) is 0 Å². The molecule has 166 valence electrons. The lowest BCUT2D eigenvalue weighted by molar-refractivity contribution is -0.113. The first kappa shape index (κ1) is 21.7. The number of rotatable bonds is 3. The van der Waals surface area contributed by atoms with E-state index in [9.17, 15) is 14.4 Å². The summed E-state index contributed by atoms with van der Waals surface area (Å²) >= 11 is 0. The standard InChI is InChI=1S/C25H26N2O5/c1-13-7-18-14(2)12-25(3,4)27-21(18)19(8-13)20(22(27)28)26-17-10-15(23(29)31-5)9-16(11-17)24(30)32-6/h7-11,14H,12H2,1-6H3/t14-/m0/s1. The van der Waals surface area contributed by atoms with Gasteiger partial charge in [0.2, 0.25) is 0 Å². The van der Waals surface area contributed by atoms with Crippen molar-refractivity contribution in [1.29, 1.82) is 0 Å². The summed E-state index contributed by atoms with van der Waals surface area (Å²) in [5, 5.41) is 0. The highest BCUT2D eigenvalue weighted by atomic mass is 16.5. The summed E-state index contributed by atoms with van der Waals surface area (Å²) < 4.78 is 9.61. The Kier molecular flexibility index (Phi) is 5.15. The highest BCUT2D eigenvalue weighted by molar-refractivity contribution is 6.55. The summed E-state index contributed by atoms with van der Waals surface area (Å²) in [6, 6.07) is 8.50. The SMILES string of the molecule is COC(=O)c1cc(N=C2C(=O)N3c4c2cc(C)cc4[C@@H](C)CC3(C)C)cc(C(=O)OC)c1. The van der Waals surface area contributed by atoms with Crippen LogP contribution in [0.4, 0.5) is 11.4 Å². The van der Waals surface area contributed by atoms with Crippen LogP contribution in [-0.2, 0) is 14.3 Å². The van der Waals surface area contributed by atoms with Crippen molar-refractivity contribution in [2.45, 2.75) is 45.6 Å². The minimum absolute atomic E-state index is 0.153. The van der Waals surface area contributed by atoms with Gasteiger partial charge in [-0.05, 0) is 62.9 Å². The highest BCUT2D eigenvalue weighted by Gasteiger charge is 2.48. The predicted molar refractivity (Wildman–Crippen MR) is 121 cm³/mol. The lowest BCUT2D eigenvalue weighted by Gasteiger charge is -2.43. The van der Waals surface area contributed by atoms with Crippen molar-refractivity contribution < 1.29 is 23.9 Å². The van der Waals surface area contributed by atoms with Crippen molar-refractivity contribution >= 4 is 34.9 Å². The molecular weight excluding hydrogens is 408 g/mol. The number of aliphatic imine (C=N–C) groups is 1. The first-order chi connectivity index (χ1) is 15.1. The van der Waals surface area contributed by atoms with Gasteiger partial charge in [-0.1, -0.05) is 18.6 Å². The van der Waals surface area contributed by atoms with Crippen molar-refractivity contribution in [2.24, 2.45) is 4.99 Å². The maximum Gasteiger partial charge on any atom is 0.337 e. The number of nitrogens with zero attached hydrogens (tertiary/aromatic N) is 2. The Hall–Kier alpha value is -3.48. The van der Waals surface area contributed by atoms with Gasteiger partial charge in [-0.15, -0.1) is 0 Å². The van der Waals surface area contributed by atoms with Gasteiger partial charge < -0.3 is 14.4 Å². The topological polar surface area (TPSA) is 85.3 Å². The fraction of sp³-hybridized carbons (Fsp3) is 0.360. The molecule has 1 amide bonds. The van der Waals surface area contributed by atoms with E-state index in [1.165, 1.54) is 32.4 Å². The molecule has 2 aliphatic rings. The van der Waals surface area contributed by atoms with Crippen LogP contribution >= 0.6 is 0 Å². The van der Waals surface area contributed by atoms with Crippen LogP contribution in [0, 0.1) is 6.92 Å². The van der Waals surface area contributed by atoms with Gasteiger partial charge in [-0.25, -0.2) is 14.6 Å². The van der Waals surface area contributed by atoms with Crippen molar-refractivity contribution in [3.8, 4) is 0 Å². The molecule has 0 fully saturated rings. The maximum atomic E-state index is 13.6. The first-order valence-corrected chi connectivity index (χ1v) is 10.5. The second-order valence-corrected chi connectivity index (χ2v) is 9.02. The largest absolute Gasteiger partial charge is 0.465 e. The Labute approximate surface area is 187 Å². The van der Waals surface area contributed by atoms with E-state index in [0.29, 0.717) is 17.3 Å². The molecular formula is C25H26N2O5. The van der Waals surface area contributed by atoms with Crippen LogP contribution in [0.2, 0.25) is 0 Å². The quantitative estimate of drug-likeness (QED) is 0.672. The molecule has 0 N–H and O–H groups in total. The van der Waals surface area contributed by atoms with Gasteiger partial charge in [0.25, 0.3) is 5.91 Å². The van der Waals surface area contributed by atoms with Crippen LogP contribution in [-0.4, -0.2) is 43.3 Å². The van der Waals surface area contributed by atoms with E-state index >= 15 is 0 Å². The number of anilines is 1. The minimum atomic E-state index is -0.608. The lowest BCUT2D eigenvalue weighted by Crippen LogP contribution is -2.50. The second kappa shape index (κ2) is 7.58. The van der Waals surface area contributed by atoms with E-state index in [2.05, 4.69) is 31.8 Å². The van der Waals surface area contributed by atoms with E-state index in [4.69, 9.17) is 9.47 Å². The molecule has 2 aliphatic heterocycles. The molecule has 7 nitrogen and oxygen atoms in total. The summed E-state index contributed by atoms with van der Waals surface area (Å²) in [7, 11) is 2.52. The summed E-state index contributed by atoms with van der Waals surface area (Å²) in [6.45, 7) is 8.30. The zero-order valence-corrected chi connectivity index (χ0v) is 19.1. The van der Waals surface area contributed by atoms with Gasteiger partial charge >= 0.3 is 11.9 Å². The van der Waals surface area contributed by atoms with E-state index in [1.54, 1.807) is 0 Å². The third kappa shape index (κ3) is 3.38. The van der Waals surface area contributed by atoms with Gasteiger partial charge in [0, 0.05) is 11.1 Å². The summed E-state index contributed by atoms with van der Waals surface area (Å²) in [6.07, 6.45) is 0.840. The van der Waals surface area contributed by atoms with Gasteiger partial charge in [-0.3, -0.25) is 4.79 Å². The Balaban J connectivity index is 1.94. The van der Waals surface area contributed by atoms with Gasteiger partial charge in [0.15, 0.2) is 0 Å². The van der Waals surface area contributed by atoms with Crippen LogP contribution in [0.3, 0.4) is 0 Å². The predicted octanol–water partition coefficient (Wildman–Crippen LogP) is 4.32. The highest BCUT2D eigenvalue weighted by Crippen LogP contribution is 2.49. The average molecular weight is 434 g/mol. The van der Waals surface area contributed by atoms with Crippen LogP contribution < -0.4 is 4.90 Å². The van der Waals surface area contributed by atoms with Gasteiger partial charge in [-0.2, -0.15) is 0 Å². The fourth-order valence-corrected chi connectivity index (χ4v) is 4.85. The van der Waals surface area contributed by atoms with Gasteiger partial charge in [0.1, 0.15) is 5.71 Å². The molecule has 2 heterocycles. The molecule has 2 aromatic carbocycles. The molecule has 0 saturated carbocycles. The number of methoxy groups -OCH3 is 2. The maximum absolute atomic E-state index is 13.6. The summed E-state index contributed by atoms with van der Waals surface area (Å²) in [4.78, 5) is 44.4. The second-order valence-electron chi connectivity index (χ2n) is 9.02. The van der Waals surface area contributed by atoms with Crippen molar-refractivity contribution in [2.75, 3.05) is 19.1 Å². The Morgan fingerprint density at radius 2 is 1.62 bits per heavy atom. The van der Waals surface area contributed by atoms with Crippen molar-refractivity contribution in [3.05, 3.63) is 58.1 Å². The monoisotopic (exact) mass is 434 g/mol. The normalized spacial score (nSPS) is 19.7. The third-order valence-electron chi connectivity index (χ3n) is 6.11. The van der Waals surface area contributed by atoms with E-state index in [1.807, 2.05) is 17.9 Å².